The van der Waals surface area contributed by atoms with Gasteiger partial charge in [-0.25, -0.2) is 0 Å². The van der Waals surface area contributed by atoms with Crippen molar-refractivity contribution in [1.29, 1.82) is 0 Å². The van der Waals surface area contributed by atoms with Crippen molar-refractivity contribution in [2.45, 2.75) is 26.8 Å². The van der Waals surface area contributed by atoms with Crippen LogP contribution in [0.1, 0.15) is 20.8 Å². The summed E-state index contributed by atoms with van der Waals surface area (Å²) < 4.78 is 0. The molecule has 9 heavy (non-hydrogen) atoms. The molecule has 0 rings (SSSR count). The van der Waals surface area contributed by atoms with Crippen molar-refractivity contribution in [2.24, 2.45) is 10.7 Å². The number of nitrogens with zero attached hydrogens (tertiary/aromatic N) is 1. The van der Waals surface area contributed by atoms with E-state index in [9.17, 15) is 0 Å². The number of amidine groups is 1. The van der Waals surface area contributed by atoms with E-state index in [1.54, 1.807) is 6.08 Å². The largest absolute Gasteiger partial charge is 0.384 e. The van der Waals surface area contributed by atoms with Crippen LogP contribution in [0.25, 0.3) is 0 Å². The molecule has 52 valence electrons. The summed E-state index contributed by atoms with van der Waals surface area (Å²) in [7, 11) is 0. The van der Waals surface area contributed by atoms with Crippen LogP contribution in [0.5, 0.6) is 0 Å². The Morgan fingerprint density at radius 3 is 2.44 bits per heavy atom. The van der Waals surface area contributed by atoms with Crippen molar-refractivity contribution >= 4 is 5.84 Å². The average molecular weight is 126 g/mol. The first-order valence-corrected chi connectivity index (χ1v) is 3.12. The van der Waals surface area contributed by atoms with Crippen molar-refractivity contribution < 1.29 is 0 Å². The van der Waals surface area contributed by atoms with E-state index in [0.717, 1.165) is 0 Å². The van der Waals surface area contributed by atoms with Gasteiger partial charge in [0.1, 0.15) is 5.84 Å². The first kappa shape index (κ1) is 8.21. The number of allylic oxidation sites excluding steroid dienone is 1. The standard InChI is InChI=1S/C7H14N2/c1-4-5-7(8)9-6(2)3/h4-6H,1-3H3,(H2,8,9)/b5-4-. The molecule has 0 aliphatic carbocycles. The second-order valence-corrected chi connectivity index (χ2v) is 2.15. The van der Waals surface area contributed by atoms with Gasteiger partial charge in [-0.05, 0) is 26.8 Å². The van der Waals surface area contributed by atoms with Gasteiger partial charge < -0.3 is 5.73 Å². The van der Waals surface area contributed by atoms with E-state index in [-0.39, 0.29) is 0 Å². The van der Waals surface area contributed by atoms with E-state index in [1.807, 2.05) is 26.8 Å². The molecule has 2 heteroatoms. The molecule has 2 N–H and O–H groups in total. The summed E-state index contributed by atoms with van der Waals surface area (Å²) in [6.07, 6.45) is 3.67. The Morgan fingerprint density at radius 1 is 1.56 bits per heavy atom. The van der Waals surface area contributed by atoms with E-state index in [0.29, 0.717) is 11.9 Å². The molecule has 0 radical (unpaired) electrons. The van der Waals surface area contributed by atoms with Gasteiger partial charge in [-0.2, -0.15) is 0 Å². The molecule has 0 unspecified atom stereocenters. The van der Waals surface area contributed by atoms with Crippen LogP contribution in [0, 0.1) is 0 Å². The Labute approximate surface area is 56.5 Å². The highest BCUT2D eigenvalue weighted by molar-refractivity contribution is 5.91. The SMILES string of the molecule is C/C=C\C(N)=NC(C)C. The van der Waals surface area contributed by atoms with E-state index in [1.165, 1.54) is 0 Å². The van der Waals surface area contributed by atoms with Crippen LogP contribution in [-0.2, 0) is 0 Å². The lowest BCUT2D eigenvalue weighted by Crippen LogP contribution is -2.10. The summed E-state index contributed by atoms with van der Waals surface area (Å²) >= 11 is 0. The number of aliphatic imine (C=N–C) groups is 1. The van der Waals surface area contributed by atoms with Gasteiger partial charge in [-0.1, -0.05) is 6.08 Å². The second-order valence-electron chi connectivity index (χ2n) is 2.15. The highest BCUT2D eigenvalue weighted by atomic mass is 14.9. The summed E-state index contributed by atoms with van der Waals surface area (Å²) in [6.45, 7) is 5.91. The molecule has 0 atom stereocenters. The Morgan fingerprint density at radius 2 is 2.11 bits per heavy atom. The fourth-order valence-corrected chi connectivity index (χ4v) is 0.512. The zero-order valence-corrected chi connectivity index (χ0v) is 6.26. The van der Waals surface area contributed by atoms with E-state index in [2.05, 4.69) is 4.99 Å². The third kappa shape index (κ3) is 5.07. The molecular weight excluding hydrogens is 112 g/mol. The highest BCUT2D eigenvalue weighted by Gasteiger charge is 1.86. The molecule has 0 aromatic heterocycles. The summed E-state index contributed by atoms with van der Waals surface area (Å²) in [5, 5.41) is 0. The van der Waals surface area contributed by atoms with Crippen LogP contribution < -0.4 is 5.73 Å². The normalized spacial score (nSPS) is 13.6. The summed E-state index contributed by atoms with van der Waals surface area (Å²) in [6, 6.07) is 0.293. The Balaban J connectivity index is 3.84. The molecule has 0 saturated carbocycles. The Kier molecular flexibility index (Phi) is 3.76. The predicted molar refractivity (Wildman–Crippen MR) is 41.6 cm³/mol. The molecular formula is C7H14N2. The van der Waals surface area contributed by atoms with Gasteiger partial charge in [0, 0.05) is 6.04 Å². The molecule has 0 amide bonds. The van der Waals surface area contributed by atoms with Crippen LogP contribution in [0.2, 0.25) is 0 Å². The minimum Gasteiger partial charge on any atom is -0.384 e. The molecule has 0 aliphatic heterocycles. The quantitative estimate of drug-likeness (QED) is 0.440. The van der Waals surface area contributed by atoms with Crippen LogP contribution in [0.4, 0.5) is 0 Å². The van der Waals surface area contributed by atoms with E-state index >= 15 is 0 Å². The lowest BCUT2D eigenvalue weighted by Gasteiger charge is -1.95. The number of nitrogens with two attached hydrogens (primary N) is 1. The number of rotatable bonds is 2. The summed E-state index contributed by atoms with van der Waals surface area (Å²) in [4.78, 5) is 4.07. The fourth-order valence-electron chi connectivity index (χ4n) is 0.512. The van der Waals surface area contributed by atoms with Gasteiger partial charge >= 0.3 is 0 Å². The third-order valence-corrected chi connectivity index (χ3v) is 0.745. The van der Waals surface area contributed by atoms with Crippen LogP contribution >= 0.6 is 0 Å². The fraction of sp³-hybridized carbons (Fsp3) is 0.571. The first-order valence-electron chi connectivity index (χ1n) is 3.12. The zero-order chi connectivity index (χ0) is 7.28. The lowest BCUT2D eigenvalue weighted by atomic mass is 10.4. The van der Waals surface area contributed by atoms with Crippen molar-refractivity contribution in [2.75, 3.05) is 0 Å². The molecule has 0 aliphatic rings. The molecule has 0 spiro atoms. The van der Waals surface area contributed by atoms with Crippen LogP contribution in [0.15, 0.2) is 17.1 Å². The summed E-state index contributed by atoms with van der Waals surface area (Å²) in [5.41, 5.74) is 5.45. The molecule has 0 aromatic carbocycles. The second kappa shape index (κ2) is 4.13. The first-order chi connectivity index (χ1) is 4.16. The molecule has 0 heterocycles. The van der Waals surface area contributed by atoms with Crippen LogP contribution in [0.3, 0.4) is 0 Å². The van der Waals surface area contributed by atoms with Crippen LogP contribution in [-0.4, -0.2) is 11.9 Å². The van der Waals surface area contributed by atoms with Gasteiger partial charge in [-0.15, -0.1) is 0 Å². The van der Waals surface area contributed by atoms with Crippen molar-refractivity contribution in [1.82, 2.24) is 0 Å². The highest BCUT2D eigenvalue weighted by Crippen LogP contribution is 1.85. The maximum absolute atomic E-state index is 5.45. The Hall–Kier alpha value is -0.790. The minimum atomic E-state index is 0.293. The lowest BCUT2D eigenvalue weighted by molar-refractivity contribution is 0.835. The zero-order valence-electron chi connectivity index (χ0n) is 6.26. The molecule has 2 nitrogen and oxygen atoms in total. The van der Waals surface area contributed by atoms with Gasteiger partial charge in [0.05, 0.1) is 0 Å². The van der Waals surface area contributed by atoms with Crippen molar-refractivity contribution in [3.63, 3.8) is 0 Å². The maximum atomic E-state index is 5.45. The van der Waals surface area contributed by atoms with E-state index in [4.69, 9.17) is 5.73 Å². The average Bonchev–Trinajstić information content (AvgIpc) is 1.63. The monoisotopic (exact) mass is 126 g/mol. The van der Waals surface area contributed by atoms with Crippen molar-refractivity contribution in [3.8, 4) is 0 Å². The van der Waals surface area contributed by atoms with Crippen molar-refractivity contribution in [3.05, 3.63) is 12.2 Å². The Bertz CT molecular complexity index is 123. The third-order valence-electron chi connectivity index (χ3n) is 0.745. The predicted octanol–water partition coefficient (Wildman–Crippen LogP) is 1.33. The van der Waals surface area contributed by atoms with E-state index < -0.39 is 0 Å². The minimum absolute atomic E-state index is 0.293. The maximum Gasteiger partial charge on any atom is 0.118 e. The molecule has 0 saturated heterocycles. The van der Waals surface area contributed by atoms with Gasteiger partial charge in [0.15, 0.2) is 0 Å². The number of hydrogen-bond donors (Lipinski definition) is 1. The topological polar surface area (TPSA) is 38.4 Å². The molecule has 0 bridgehead atoms. The van der Waals surface area contributed by atoms with Gasteiger partial charge in [0.25, 0.3) is 0 Å². The molecule has 0 aromatic rings. The smallest absolute Gasteiger partial charge is 0.118 e. The summed E-state index contributed by atoms with van der Waals surface area (Å²) in [5.74, 6) is 0.604. The number of hydrogen-bond acceptors (Lipinski definition) is 1. The van der Waals surface area contributed by atoms with Gasteiger partial charge in [-0.3, -0.25) is 4.99 Å². The molecule has 0 fully saturated rings. The van der Waals surface area contributed by atoms with Gasteiger partial charge in [0.2, 0.25) is 0 Å².